The van der Waals surface area contributed by atoms with Crippen LogP contribution < -0.4 is 4.74 Å². The van der Waals surface area contributed by atoms with Gasteiger partial charge in [0, 0.05) is 13.6 Å². The average molecular weight is 410 g/mol. The number of halogens is 2. The molecule has 0 spiro atoms. The van der Waals surface area contributed by atoms with Crippen LogP contribution in [0.3, 0.4) is 0 Å². The summed E-state index contributed by atoms with van der Waals surface area (Å²) in [5.41, 5.74) is 0.0763. The summed E-state index contributed by atoms with van der Waals surface area (Å²) in [4.78, 5) is 20.8. The van der Waals surface area contributed by atoms with Crippen LogP contribution in [0.1, 0.15) is 28.6 Å². The number of benzene rings is 1. The summed E-state index contributed by atoms with van der Waals surface area (Å²) in [6, 6.07) is 3.82. The number of ether oxygens (including phenoxy) is 2. The van der Waals surface area contributed by atoms with E-state index in [1.807, 2.05) is 0 Å². The quantitative estimate of drug-likeness (QED) is 0.549. The zero-order valence-electron chi connectivity index (χ0n) is 16.5. The molecule has 28 heavy (non-hydrogen) atoms. The van der Waals surface area contributed by atoms with Gasteiger partial charge >= 0.3 is 12.0 Å². The number of rotatable bonds is 7. The summed E-state index contributed by atoms with van der Waals surface area (Å²) < 4.78 is 37.0. The summed E-state index contributed by atoms with van der Waals surface area (Å²) in [6.07, 6.45) is -0.682. The van der Waals surface area contributed by atoms with E-state index < -0.39 is 31.8 Å². The zero-order valence-corrected chi connectivity index (χ0v) is 17.5. The van der Waals surface area contributed by atoms with Gasteiger partial charge in [0.1, 0.15) is 5.56 Å². The zero-order chi connectivity index (χ0) is 21.1. The molecule has 0 aliphatic carbocycles. The van der Waals surface area contributed by atoms with Crippen LogP contribution in [0.4, 0.5) is 8.78 Å². The number of methoxy groups -OCH3 is 2. The molecular weight excluding hydrogens is 386 g/mol. The molecule has 2 aromatic rings. The van der Waals surface area contributed by atoms with Crippen molar-refractivity contribution in [3.63, 3.8) is 0 Å². The lowest BCUT2D eigenvalue weighted by Gasteiger charge is -2.20. The second-order valence-corrected chi connectivity index (χ2v) is 13.2. The van der Waals surface area contributed by atoms with Crippen LogP contribution in [0, 0.1) is 11.6 Å². The molecule has 2 rings (SSSR count). The fourth-order valence-corrected chi connectivity index (χ4v) is 3.79. The smallest absolute Gasteiger partial charge is 0.342 e. The summed E-state index contributed by atoms with van der Waals surface area (Å²) in [5, 5.41) is 10.7. The molecule has 0 aliphatic heterocycles. The molecule has 1 aromatic heterocycles. The topological polar surface area (TPSA) is 81.5 Å². The molecule has 9 heteroatoms. The maximum atomic E-state index is 13.8. The van der Waals surface area contributed by atoms with Crippen LogP contribution in [0.5, 0.6) is 6.01 Å². The first-order chi connectivity index (χ1) is 13.1. The van der Waals surface area contributed by atoms with E-state index in [9.17, 15) is 18.7 Å². The number of esters is 1. The van der Waals surface area contributed by atoms with Gasteiger partial charge in [-0.3, -0.25) is 0 Å². The van der Waals surface area contributed by atoms with Crippen molar-refractivity contribution in [1.29, 1.82) is 0 Å². The summed E-state index contributed by atoms with van der Waals surface area (Å²) in [5.74, 6) is -2.91. The minimum atomic E-state index is -1.46. The van der Waals surface area contributed by atoms with E-state index in [2.05, 4.69) is 29.6 Å². The fraction of sp³-hybridized carbons (Fsp3) is 0.421. The molecule has 0 saturated heterocycles. The maximum Gasteiger partial charge on any atom is 0.342 e. The molecule has 1 unspecified atom stereocenters. The minimum Gasteiger partial charge on any atom is -0.467 e. The number of aliphatic hydroxyl groups is 1. The normalized spacial score (nSPS) is 12.6. The van der Waals surface area contributed by atoms with E-state index in [-0.39, 0.29) is 28.5 Å². The summed E-state index contributed by atoms with van der Waals surface area (Å²) in [7, 11) is 1.05. The van der Waals surface area contributed by atoms with E-state index in [1.165, 1.54) is 20.3 Å². The molecule has 1 atom stereocenters. The Morgan fingerprint density at radius 3 is 2.39 bits per heavy atom. The Hall–Kier alpha value is -2.39. The Balaban J connectivity index is 2.66. The maximum absolute atomic E-state index is 13.8. The first kappa shape index (κ1) is 21.9. The Morgan fingerprint density at radius 1 is 1.18 bits per heavy atom. The Morgan fingerprint density at radius 2 is 1.86 bits per heavy atom. The first-order valence-corrected chi connectivity index (χ1v) is 12.5. The third-order valence-corrected chi connectivity index (χ3v) is 5.95. The first-order valence-electron chi connectivity index (χ1n) is 8.75. The molecule has 6 nitrogen and oxygen atoms in total. The van der Waals surface area contributed by atoms with Crippen LogP contribution in [0.25, 0.3) is 11.3 Å². The number of hydrogen-bond donors (Lipinski definition) is 1. The third kappa shape index (κ3) is 5.11. The number of hydrogen-bond acceptors (Lipinski definition) is 6. The Labute approximate surface area is 163 Å². The van der Waals surface area contributed by atoms with E-state index in [4.69, 9.17) is 9.47 Å². The van der Waals surface area contributed by atoms with Crippen LogP contribution >= 0.6 is 0 Å². The molecule has 0 saturated carbocycles. The largest absolute Gasteiger partial charge is 0.467 e. The molecule has 1 N–H and O–H groups in total. The van der Waals surface area contributed by atoms with Crippen molar-refractivity contribution in [1.82, 2.24) is 9.97 Å². The molecule has 1 aromatic carbocycles. The standard InChI is InChI=1S/C19H24F2N2O4Si/c1-26-18(25)15-16(11-6-7-12(20)13(21)10-11)22-19(27-2)23-17(15)14(24)8-9-28(3,4)5/h6-7,10,14,24H,8-9H2,1-5H3. The van der Waals surface area contributed by atoms with Crippen molar-refractivity contribution >= 4 is 14.0 Å². The lowest BCUT2D eigenvalue weighted by Crippen LogP contribution is -2.22. The molecule has 0 amide bonds. The van der Waals surface area contributed by atoms with Crippen molar-refractivity contribution < 1.29 is 28.2 Å². The van der Waals surface area contributed by atoms with E-state index in [0.29, 0.717) is 6.42 Å². The Bertz CT molecular complexity index is 872. The van der Waals surface area contributed by atoms with Gasteiger partial charge in [-0.25, -0.2) is 13.6 Å². The molecular formula is C19H24F2N2O4Si. The van der Waals surface area contributed by atoms with Crippen molar-refractivity contribution in [2.75, 3.05) is 14.2 Å². The average Bonchev–Trinajstić information content (AvgIpc) is 2.65. The second-order valence-electron chi connectivity index (χ2n) is 7.55. The number of nitrogens with zero attached hydrogens (tertiary/aromatic N) is 2. The minimum absolute atomic E-state index is 0.000321. The van der Waals surface area contributed by atoms with Gasteiger partial charge in [0.15, 0.2) is 11.6 Å². The number of carbonyl (C=O) groups is 1. The molecule has 152 valence electrons. The number of aromatic nitrogens is 2. The predicted octanol–water partition coefficient (Wildman–Crippen LogP) is 3.98. The van der Waals surface area contributed by atoms with Crippen molar-refractivity contribution in [2.24, 2.45) is 0 Å². The highest BCUT2D eigenvalue weighted by Crippen LogP contribution is 2.32. The van der Waals surface area contributed by atoms with Crippen molar-refractivity contribution in [3.05, 3.63) is 41.1 Å². The van der Waals surface area contributed by atoms with Crippen LogP contribution in [-0.2, 0) is 4.74 Å². The van der Waals surface area contributed by atoms with Gasteiger partial charge in [0.25, 0.3) is 0 Å². The van der Waals surface area contributed by atoms with Gasteiger partial charge in [0.2, 0.25) is 0 Å². The third-order valence-electron chi connectivity index (χ3n) is 4.17. The second kappa shape index (κ2) is 8.74. The van der Waals surface area contributed by atoms with Crippen molar-refractivity contribution in [3.8, 4) is 17.3 Å². The van der Waals surface area contributed by atoms with Gasteiger partial charge in [0.05, 0.1) is 31.7 Å². The van der Waals surface area contributed by atoms with E-state index >= 15 is 0 Å². The SMILES string of the molecule is COC(=O)c1c(-c2ccc(F)c(F)c2)nc(OC)nc1C(O)CC[Si](C)(C)C. The Kier molecular flexibility index (Phi) is 6.84. The summed E-state index contributed by atoms with van der Waals surface area (Å²) >= 11 is 0. The van der Waals surface area contributed by atoms with Gasteiger partial charge in [-0.15, -0.1) is 0 Å². The van der Waals surface area contributed by atoms with E-state index in [0.717, 1.165) is 18.2 Å². The molecule has 0 radical (unpaired) electrons. The molecule has 0 aliphatic rings. The number of carbonyl (C=O) groups excluding carboxylic acids is 1. The van der Waals surface area contributed by atoms with Crippen molar-refractivity contribution in [2.45, 2.75) is 38.2 Å². The van der Waals surface area contributed by atoms with Crippen LogP contribution in [0.15, 0.2) is 18.2 Å². The van der Waals surface area contributed by atoms with Gasteiger partial charge in [-0.2, -0.15) is 9.97 Å². The number of aliphatic hydroxyl groups excluding tert-OH is 1. The fourth-order valence-electron chi connectivity index (χ4n) is 2.65. The molecule has 1 heterocycles. The highest BCUT2D eigenvalue weighted by atomic mass is 28.3. The predicted molar refractivity (Wildman–Crippen MR) is 103 cm³/mol. The molecule has 0 fully saturated rings. The van der Waals surface area contributed by atoms with Gasteiger partial charge < -0.3 is 14.6 Å². The van der Waals surface area contributed by atoms with E-state index in [1.54, 1.807) is 0 Å². The van der Waals surface area contributed by atoms with Gasteiger partial charge in [-0.1, -0.05) is 25.7 Å². The van der Waals surface area contributed by atoms with Crippen LogP contribution in [0.2, 0.25) is 25.7 Å². The lowest BCUT2D eigenvalue weighted by atomic mass is 10.0. The van der Waals surface area contributed by atoms with Crippen LogP contribution in [-0.4, -0.2) is 43.3 Å². The van der Waals surface area contributed by atoms with Gasteiger partial charge in [-0.05, 0) is 24.6 Å². The highest BCUT2D eigenvalue weighted by Gasteiger charge is 2.28. The molecule has 0 bridgehead atoms. The highest BCUT2D eigenvalue weighted by molar-refractivity contribution is 6.76. The lowest BCUT2D eigenvalue weighted by molar-refractivity contribution is 0.0591. The monoisotopic (exact) mass is 410 g/mol. The summed E-state index contributed by atoms with van der Waals surface area (Å²) in [6.45, 7) is 6.48.